The van der Waals surface area contributed by atoms with Gasteiger partial charge in [-0.3, -0.25) is 4.79 Å². The maximum absolute atomic E-state index is 13.4. The summed E-state index contributed by atoms with van der Waals surface area (Å²) < 4.78 is 20.0. The van der Waals surface area contributed by atoms with Gasteiger partial charge in [-0.15, -0.1) is 0 Å². The molecule has 144 valence electrons. The third kappa shape index (κ3) is 4.56. The maximum atomic E-state index is 13.4. The summed E-state index contributed by atoms with van der Waals surface area (Å²) in [6.45, 7) is 2.01. The van der Waals surface area contributed by atoms with E-state index in [0.717, 1.165) is 5.56 Å². The third-order valence-electron chi connectivity index (χ3n) is 4.07. The van der Waals surface area contributed by atoms with Gasteiger partial charge < -0.3 is 19.9 Å². The first-order valence-corrected chi connectivity index (χ1v) is 8.63. The van der Waals surface area contributed by atoms with E-state index in [2.05, 4.69) is 10.6 Å². The number of para-hydroxylation sites is 2. The molecule has 0 atom stereocenters. The molecule has 0 radical (unpaired) electrons. The van der Waals surface area contributed by atoms with E-state index in [4.69, 9.17) is 4.74 Å². The zero-order valence-corrected chi connectivity index (χ0v) is 15.5. The quantitative estimate of drug-likeness (QED) is 0.702. The molecule has 7 heteroatoms. The topological polar surface area (TPSA) is 72.4 Å². The van der Waals surface area contributed by atoms with E-state index in [1.54, 1.807) is 48.7 Å². The van der Waals surface area contributed by atoms with Gasteiger partial charge in [0.25, 0.3) is 5.56 Å². The van der Waals surface area contributed by atoms with Crippen LogP contribution in [0.15, 0.2) is 65.6 Å². The lowest BCUT2D eigenvalue weighted by Gasteiger charge is -2.13. The number of carbonyl (C=O) groups excluding carboxylic acids is 1. The number of aryl methyl sites for hydroxylation is 1. The van der Waals surface area contributed by atoms with Crippen LogP contribution in [-0.4, -0.2) is 17.7 Å². The molecule has 3 rings (SSSR count). The van der Waals surface area contributed by atoms with E-state index >= 15 is 0 Å². The van der Waals surface area contributed by atoms with E-state index in [9.17, 15) is 14.0 Å². The zero-order valence-electron chi connectivity index (χ0n) is 15.5. The van der Waals surface area contributed by atoms with Crippen molar-refractivity contribution in [2.45, 2.75) is 13.5 Å². The van der Waals surface area contributed by atoms with Crippen molar-refractivity contribution in [2.24, 2.45) is 0 Å². The number of ether oxygens (including phenoxy) is 1. The Labute approximate surface area is 161 Å². The normalized spacial score (nSPS) is 10.4. The number of urea groups is 1. The Balaban J connectivity index is 1.81. The Morgan fingerprint density at radius 3 is 2.57 bits per heavy atom. The van der Waals surface area contributed by atoms with Crippen molar-refractivity contribution in [3.63, 3.8) is 0 Å². The van der Waals surface area contributed by atoms with Gasteiger partial charge >= 0.3 is 6.03 Å². The molecule has 0 unspecified atom stereocenters. The second-order valence-electron chi connectivity index (χ2n) is 6.27. The molecule has 3 aromatic rings. The first-order valence-electron chi connectivity index (χ1n) is 8.63. The van der Waals surface area contributed by atoms with Gasteiger partial charge in [-0.25, -0.2) is 9.18 Å². The number of carbonyl (C=O) groups is 1. The molecule has 6 nitrogen and oxygen atoms in total. The molecule has 0 aliphatic heterocycles. The zero-order chi connectivity index (χ0) is 20.1. The minimum Gasteiger partial charge on any atom is -0.495 e. The lowest BCUT2D eigenvalue weighted by atomic mass is 10.2. The number of anilines is 2. The van der Waals surface area contributed by atoms with Crippen LogP contribution in [0.25, 0.3) is 0 Å². The van der Waals surface area contributed by atoms with Gasteiger partial charge in [0.05, 0.1) is 19.3 Å². The lowest BCUT2D eigenvalue weighted by Crippen LogP contribution is -2.28. The highest BCUT2D eigenvalue weighted by Gasteiger charge is 2.11. The van der Waals surface area contributed by atoms with E-state index in [1.807, 2.05) is 6.92 Å². The molecule has 2 aromatic carbocycles. The molecule has 2 amide bonds. The highest BCUT2D eigenvalue weighted by atomic mass is 19.1. The van der Waals surface area contributed by atoms with Crippen molar-refractivity contribution in [2.75, 3.05) is 17.7 Å². The second kappa shape index (κ2) is 8.39. The summed E-state index contributed by atoms with van der Waals surface area (Å²) in [5.41, 5.74) is 1.66. The summed E-state index contributed by atoms with van der Waals surface area (Å²) in [5, 5.41) is 5.24. The van der Waals surface area contributed by atoms with Crippen molar-refractivity contribution in [3.05, 3.63) is 88.1 Å². The number of rotatable bonds is 5. The average molecular weight is 381 g/mol. The predicted octanol–water partition coefficient (Wildman–Crippen LogP) is 4.00. The fourth-order valence-electron chi connectivity index (χ4n) is 2.85. The molecule has 2 N–H and O–H groups in total. The van der Waals surface area contributed by atoms with Crippen LogP contribution in [0.5, 0.6) is 5.75 Å². The highest BCUT2D eigenvalue weighted by Crippen LogP contribution is 2.23. The first kappa shape index (κ1) is 19.2. The molecule has 0 saturated carbocycles. The summed E-state index contributed by atoms with van der Waals surface area (Å²) >= 11 is 0. The van der Waals surface area contributed by atoms with Crippen molar-refractivity contribution >= 4 is 17.4 Å². The van der Waals surface area contributed by atoms with Gasteiger partial charge in [0.1, 0.15) is 17.3 Å². The van der Waals surface area contributed by atoms with Crippen molar-refractivity contribution in [1.82, 2.24) is 4.57 Å². The van der Waals surface area contributed by atoms with Crippen LogP contribution in [0.4, 0.5) is 20.6 Å². The Kier molecular flexibility index (Phi) is 5.74. The number of benzene rings is 2. The number of amides is 2. The van der Waals surface area contributed by atoms with Gasteiger partial charge in [0.15, 0.2) is 0 Å². The predicted molar refractivity (Wildman–Crippen MR) is 107 cm³/mol. The van der Waals surface area contributed by atoms with Crippen molar-refractivity contribution in [1.29, 1.82) is 0 Å². The smallest absolute Gasteiger partial charge is 0.323 e. The molecule has 1 aromatic heterocycles. The maximum Gasteiger partial charge on any atom is 0.323 e. The molecule has 1 heterocycles. The van der Waals surface area contributed by atoms with Gasteiger partial charge in [0, 0.05) is 6.20 Å². The molecule has 0 aliphatic rings. The standard InChI is InChI=1S/C21H20FN3O3/c1-14-10-18(24-21(27)23-17-8-3-4-9-19(17)28-2)20(26)25(12-14)13-15-6-5-7-16(22)11-15/h3-12H,13H2,1-2H3,(H2,23,24,27). The Morgan fingerprint density at radius 2 is 1.82 bits per heavy atom. The van der Waals surface area contributed by atoms with Gasteiger partial charge in [0.2, 0.25) is 0 Å². The fourth-order valence-corrected chi connectivity index (χ4v) is 2.85. The molecular weight excluding hydrogens is 361 g/mol. The summed E-state index contributed by atoms with van der Waals surface area (Å²) in [7, 11) is 1.50. The number of halogens is 1. The average Bonchev–Trinajstić information content (AvgIpc) is 2.66. The Bertz CT molecular complexity index is 1060. The monoisotopic (exact) mass is 381 g/mol. The highest BCUT2D eigenvalue weighted by molar-refractivity contribution is 6.00. The van der Waals surface area contributed by atoms with Crippen molar-refractivity contribution < 1.29 is 13.9 Å². The molecule has 0 bridgehead atoms. The van der Waals surface area contributed by atoms with Gasteiger partial charge in [-0.05, 0) is 48.4 Å². The summed E-state index contributed by atoms with van der Waals surface area (Å²) in [6, 6.07) is 14.0. The summed E-state index contributed by atoms with van der Waals surface area (Å²) in [5.74, 6) is 0.137. The number of hydrogen-bond donors (Lipinski definition) is 2. The molecule has 0 aliphatic carbocycles. The second-order valence-corrected chi connectivity index (χ2v) is 6.27. The fraction of sp³-hybridized carbons (Fsp3) is 0.143. The van der Waals surface area contributed by atoms with Gasteiger partial charge in [-0.2, -0.15) is 0 Å². The van der Waals surface area contributed by atoms with E-state index < -0.39 is 6.03 Å². The Hall–Kier alpha value is -3.61. The molecular formula is C21H20FN3O3. The van der Waals surface area contributed by atoms with Crippen molar-refractivity contribution in [3.8, 4) is 5.75 Å². The number of nitrogens with zero attached hydrogens (tertiary/aromatic N) is 1. The number of hydrogen-bond acceptors (Lipinski definition) is 3. The van der Waals surface area contributed by atoms with Crippen LogP contribution < -0.4 is 20.9 Å². The Morgan fingerprint density at radius 1 is 1.07 bits per heavy atom. The molecule has 0 fully saturated rings. The first-order chi connectivity index (χ1) is 13.5. The third-order valence-corrected chi connectivity index (χ3v) is 4.07. The number of nitrogens with one attached hydrogen (secondary N) is 2. The molecule has 28 heavy (non-hydrogen) atoms. The molecule has 0 spiro atoms. The number of pyridine rings is 1. The minimum atomic E-state index is -0.565. The van der Waals surface area contributed by atoms with E-state index in [-0.39, 0.29) is 23.6 Å². The lowest BCUT2D eigenvalue weighted by molar-refractivity contribution is 0.262. The summed E-state index contributed by atoms with van der Waals surface area (Å²) in [6.07, 6.45) is 1.66. The largest absolute Gasteiger partial charge is 0.495 e. The summed E-state index contributed by atoms with van der Waals surface area (Å²) in [4.78, 5) is 25.1. The van der Waals surface area contributed by atoms with E-state index in [0.29, 0.717) is 17.0 Å². The van der Waals surface area contributed by atoms with Crippen LogP contribution in [-0.2, 0) is 6.54 Å². The number of methoxy groups -OCH3 is 1. The van der Waals surface area contributed by atoms with E-state index in [1.165, 1.54) is 23.8 Å². The number of aromatic nitrogens is 1. The van der Waals surface area contributed by atoms with Crippen LogP contribution in [0.1, 0.15) is 11.1 Å². The minimum absolute atomic E-state index is 0.129. The van der Waals surface area contributed by atoms with Gasteiger partial charge in [-0.1, -0.05) is 24.3 Å². The van der Waals surface area contributed by atoms with Crippen LogP contribution in [0.3, 0.4) is 0 Å². The van der Waals surface area contributed by atoms with Crippen LogP contribution in [0, 0.1) is 12.7 Å². The van der Waals surface area contributed by atoms with Crippen LogP contribution in [0.2, 0.25) is 0 Å². The molecule has 0 saturated heterocycles. The van der Waals surface area contributed by atoms with Crippen LogP contribution >= 0.6 is 0 Å². The SMILES string of the molecule is COc1ccccc1NC(=O)Nc1cc(C)cn(Cc2cccc(F)c2)c1=O.